The molecular formula is C33H35B2BrIN6NaO8. The molecule has 0 spiro atoms. The van der Waals surface area contributed by atoms with Gasteiger partial charge in [-0.3, -0.25) is 13.7 Å². The van der Waals surface area contributed by atoms with Crippen molar-refractivity contribution in [2.45, 2.75) is 38.9 Å². The van der Waals surface area contributed by atoms with Gasteiger partial charge in [0.05, 0.1) is 38.9 Å². The molecule has 0 unspecified atom stereocenters. The smallest absolute Gasteiger partial charge is 0.423 e. The number of hydrogen-bond acceptors (Lipinski definition) is 11. The van der Waals surface area contributed by atoms with Gasteiger partial charge < -0.3 is 19.4 Å². The molecule has 0 atom stereocenters. The summed E-state index contributed by atoms with van der Waals surface area (Å²) in [7, 11) is -1.83. The number of halogens is 2. The van der Waals surface area contributed by atoms with Crippen molar-refractivity contribution in [3.63, 3.8) is 0 Å². The summed E-state index contributed by atoms with van der Waals surface area (Å²) in [6, 6.07) is 29.5. The number of para-hydroxylation sites is 3. The van der Waals surface area contributed by atoms with Crippen LogP contribution in [0.1, 0.15) is 27.7 Å². The molecular weight excluding hydrogens is 860 g/mol. The number of nitrogens with zero attached hydrogens (tertiary/aromatic N) is 6. The summed E-state index contributed by atoms with van der Waals surface area (Å²) in [4.78, 5) is 0. The SMILES string of the molecule is Brc1cnn(-c2ccccc2)c1.CC1(C)OB(c2cnn(-c3ccccc3)c2)OC1(C)C.OB(O)c1cnn(-c2ccccc2)c1.[Na+].[O-][I+3]([O-])([O-])[O-]. The fraction of sp³-hybridized carbons (Fsp3) is 0.182. The van der Waals surface area contributed by atoms with Gasteiger partial charge in [0.15, 0.2) is 0 Å². The summed E-state index contributed by atoms with van der Waals surface area (Å²) in [5, 5.41) is 30.3. The Bertz CT molecular complexity index is 1910. The third-order valence-corrected chi connectivity index (χ3v) is 8.05. The van der Waals surface area contributed by atoms with Gasteiger partial charge in [0.1, 0.15) is 20.1 Å². The van der Waals surface area contributed by atoms with Gasteiger partial charge >= 0.3 is 43.8 Å². The second-order valence-corrected chi connectivity index (χ2v) is 15.0. The number of benzene rings is 3. The molecule has 0 saturated carbocycles. The van der Waals surface area contributed by atoms with Crippen LogP contribution in [0.15, 0.2) is 133 Å². The minimum absolute atomic E-state index is 0. The van der Waals surface area contributed by atoms with Crippen LogP contribution in [0.2, 0.25) is 0 Å². The maximum atomic E-state index is 8.89. The largest absolute Gasteiger partial charge is 1.00 e. The standard InChI is InChI=1S/C15H19BN2O2.C9H9BN2O2.C9H7BrN2.IO4.Na/c1-14(2)15(3,4)20-16(19-14)12-10-17-18(11-12)13-8-6-5-7-9-13;13-10(14)8-6-11-12(7-8)9-4-2-1-3-5-9;10-8-6-11-12(7-8)9-4-2-1-3-5-9;2-1(3,4)5;/h5-11H,1-4H3;1-7,13-14H;1-7H;;/q;;;-1;+1. The third-order valence-electron chi connectivity index (χ3n) is 7.64. The molecule has 2 N–H and O–H groups in total. The molecule has 14 nitrogen and oxygen atoms in total. The molecule has 0 radical (unpaired) electrons. The van der Waals surface area contributed by atoms with Crippen LogP contribution in [-0.4, -0.2) is 64.8 Å². The van der Waals surface area contributed by atoms with Crippen molar-refractivity contribution < 1.29 is 82.8 Å². The molecule has 3 aromatic heterocycles. The van der Waals surface area contributed by atoms with Crippen LogP contribution < -0.4 is 74.3 Å². The van der Waals surface area contributed by atoms with E-state index in [9.17, 15) is 0 Å². The Morgan fingerprint density at radius 1 is 0.635 bits per heavy atom. The van der Waals surface area contributed by atoms with E-state index in [-0.39, 0.29) is 47.9 Å². The Balaban J connectivity index is 0.000000201. The molecule has 7 rings (SSSR count). The zero-order valence-corrected chi connectivity index (χ0v) is 34.8. The van der Waals surface area contributed by atoms with Gasteiger partial charge in [-0.1, -0.05) is 54.6 Å². The molecule has 3 aromatic carbocycles. The summed E-state index contributed by atoms with van der Waals surface area (Å²) < 4.78 is 52.8. The van der Waals surface area contributed by atoms with Crippen LogP contribution in [0.25, 0.3) is 17.1 Å². The molecule has 1 fully saturated rings. The first-order valence-electron chi connectivity index (χ1n) is 15.3. The first kappa shape index (κ1) is 43.7. The van der Waals surface area contributed by atoms with Crippen molar-refractivity contribution in [1.29, 1.82) is 0 Å². The van der Waals surface area contributed by atoms with Gasteiger partial charge in [-0.15, -0.1) is 0 Å². The molecule has 0 amide bonds. The van der Waals surface area contributed by atoms with E-state index in [1.807, 2.05) is 113 Å². The van der Waals surface area contributed by atoms with Crippen molar-refractivity contribution in [2.75, 3.05) is 0 Å². The van der Waals surface area contributed by atoms with E-state index >= 15 is 0 Å². The molecule has 6 aromatic rings. The van der Waals surface area contributed by atoms with Gasteiger partial charge in [-0.2, -0.15) is 15.3 Å². The monoisotopic (exact) mass is 894 g/mol. The second-order valence-electron chi connectivity index (χ2n) is 11.9. The summed E-state index contributed by atoms with van der Waals surface area (Å²) in [6.07, 6.45) is 10.5. The average Bonchev–Trinajstić information content (AvgIpc) is 3.89. The minimum Gasteiger partial charge on any atom is -0.423 e. The molecule has 0 aliphatic carbocycles. The van der Waals surface area contributed by atoms with Crippen molar-refractivity contribution in [1.82, 2.24) is 29.3 Å². The van der Waals surface area contributed by atoms with Gasteiger partial charge in [-0.25, -0.2) is 14.0 Å². The minimum atomic E-state index is -5.94. The average molecular weight is 895 g/mol. The predicted molar refractivity (Wildman–Crippen MR) is 184 cm³/mol. The van der Waals surface area contributed by atoms with E-state index in [4.69, 9.17) is 33.1 Å². The Kier molecular flexibility index (Phi) is 16.5. The Morgan fingerprint density at radius 3 is 1.37 bits per heavy atom. The molecule has 266 valence electrons. The van der Waals surface area contributed by atoms with Crippen molar-refractivity contribution in [3.8, 4) is 17.1 Å². The van der Waals surface area contributed by atoms with Crippen LogP contribution in [0.3, 0.4) is 0 Å². The molecule has 4 heterocycles. The van der Waals surface area contributed by atoms with E-state index in [1.165, 1.54) is 6.20 Å². The van der Waals surface area contributed by atoms with Gasteiger partial charge in [0.2, 0.25) is 0 Å². The van der Waals surface area contributed by atoms with Crippen LogP contribution in [0.5, 0.6) is 0 Å². The molecule has 1 aliphatic rings. The first-order chi connectivity index (χ1) is 24.0. The van der Waals surface area contributed by atoms with E-state index in [2.05, 4.69) is 58.9 Å². The predicted octanol–water partition coefficient (Wildman–Crippen LogP) is -6.39. The van der Waals surface area contributed by atoms with Crippen molar-refractivity contribution in [3.05, 3.63) is 133 Å². The van der Waals surface area contributed by atoms with E-state index in [0.717, 1.165) is 27.0 Å². The topological polar surface area (TPSA) is 205 Å². The normalized spacial score (nSPS) is 14.0. The summed E-state index contributed by atoms with van der Waals surface area (Å²) >= 11 is -2.59. The molecule has 19 heteroatoms. The van der Waals surface area contributed by atoms with Crippen LogP contribution in [0, 0.1) is 0 Å². The summed E-state index contributed by atoms with van der Waals surface area (Å²) in [5.74, 6) is 0. The maximum absolute atomic E-state index is 8.89. The Labute approximate surface area is 339 Å². The van der Waals surface area contributed by atoms with Gasteiger partial charge in [0, 0.05) is 41.9 Å². The van der Waals surface area contributed by atoms with Crippen LogP contribution in [-0.2, 0) is 9.31 Å². The Morgan fingerprint density at radius 2 is 1.00 bits per heavy atom. The van der Waals surface area contributed by atoms with Gasteiger partial charge in [0.25, 0.3) is 0 Å². The van der Waals surface area contributed by atoms with Crippen molar-refractivity contribution >= 4 is 41.1 Å². The molecule has 1 aliphatic heterocycles. The van der Waals surface area contributed by atoms with Gasteiger partial charge in [-0.05, 0) is 80.0 Å². The summed E-state index contributed by atoms with van der Waals surface area (Å²) in [6.45, 7) is 8.20. The van der Waals surface area contributed by atoms with E-state index in [1.54, 1.807) is 23.3 Å². The zero-order chi connectivity index (χ0) is 37.2. The number of hydrogen-bond donors (Lipinski definition) is 2. The quantitative estimate of drug-likeness (QED) is 0.123. The van der Waals surface area contributed by atoms with Crippen molar-refractivity contribution in [2.24, 2.45) is 0 Å². The number of rotatable bonds is 5. The molecule has 1 saturated heterocycles. The third kappa shape index (κ3) is 13.3. The fourth-order valence-electron chi connectivity index (χ4n) is 4.37. The summed E-state index contributed by atoms with van der Waals surface area (Å²) in [5.41, 5.74) is 3.65. The Hall–Kier alpha value is -2.69. The van der Waals surface area contributed by atoms with E-state index in [0.29, 0.717) is 5.46 Å². The first-order valence-corrected chi connectivity index (χ1v) is 19.6. The van der Waals surface area contributed by atoms with Crippen LogP contribution >= 0.6 is 15.9 Å². The zero-order valence-electron chi connectivity index (χ0n) is 29.1. The fourth-order valence-corrected chi connectivity index (χ4v) is 4.66. The van der Waals surface area contributed by atoms with Crippen LogP contribution in [0.4, 0.5) is 0 Å². The molecule has 0 bridgehead atoms. The number of aromatic nitrogens is 6. The maximum Gasteiger partial charge on any atom is 1.00 e. The second kappa shape index (κ2) is 19.6. The molecule has 52 heavy (non-hydrogen) atoms. The van der Waals surface area contributed by atoms with E-state index < -0.39 is 27.2 Å².